The Labute approximate surface area is 142 Å². The molecule has 2 bridgehead atoms. The molecule has 2 unspecified atom stereocenters. The van der Waals surface area contributed by atoms with Crippen LogP contribution in [0.2, 0.25) is 0 Å². The Morgan fingerprint density at radius 2 is 2.21 bits per heavy atom. The standard InChI is InChI=1S/C18H25N3O3/c1-18(2,3)24-17(22)21-13-4-5-14(21)9-12(8-13)15-10-19-16-11-23-7-6-20(15)16/h8,10,13-14H,4-7,9,11H2,1-3H3. The van der Waals surface area contributed by atoms with E-state index in [1.54, 1.807) is 0 Å². The van der Waals surface area contributed by atoms with Crippen LogP contribution in [0.1, 0.15) is 51.6 Å². The molecule has 2 atom stereocenters. The van der Waals surface area contributed by atoms with Crippen LogP contribution >= 0.6 is 0 Å². The molecule has 0 aliphatic carbocycles. The molecule has 24 heavy (non-hydrogen) atoms. The van der Waals surface area contributed by atoms with E-state index in [1.165, 1.54) is 11.3 Å². The number of carbonyl (C=O) groups is 1. The molecule has 0 radical (unpaired) electrons. The molecule has 4 heterocycles. The summed E-state index contributed by atoms with van der Waals surface area (Å²) in [6.07, 6.45) is 6.94. The number of fused-ring (bicyclic) bond motifs is 3. The normalized spacial score (nSPS) is 26.1. The maximum Gasteiger partial charge on any atom is 0.411 e. The molecular formula is C18H25N3O3. The van der Waals surface area contributed by atoms with Gasteiger partial charge in [-0.05, 0) is 45.6 Å². The van der Waals surface area contributed by atoms with Crippen molar-refractivity contribution in [3.8, 4) is 0 Å². The summed E-state index contributed by atoms with van der Waals surface area (Å²) in [5.74, 6) is 0.999. The minimum absolute atomic E-state index is 0.139. The molecule has 3 aliphatic rings. The first-order valence-electron chi connectivity index (χ1n) is 8.77. The van der Waals surface area contributed by atoms with Crippen molar-refractivity contribution in [3.63, 3.8) is 0 Å². The Hall–Kier alpha value is -1.82. The first-order valence-corrected chi connectivity index (χ1v) is 8.77. The van der Waals surface area contributed by atoms with E-state index < -0.39 is 5.60 Å². The number of aromatic nitrogens is 2. The molecule has 6 nitrogen and oxygen atoms in total. The Kier molecular flexibility index (Phi) is 3.67. The van der Waals surface area contributed by atoms with Gasteiger partial charge in [-0.15, -0.1) is 0 Å². The zero-order valence-corrected chi connectivity index (χ0v) is 14.6. The van der Waals surface area contributed by atoms with Gasteiger partial charge in [-0.1, -0.05) is 6.08 Å². The second-order valence-electron chi connectivity index (χ2n) is 7.85. The molecule has 0 spiro atoms. The molecule has 0 aromatic carbocycles. The summed E-state index contributed by atoms with van der Waals surface area (Å²) in [5, 5.41) is 0. The van der Waals surface area contributed by atoms with Gasteiger partial charge in [0.15, 0.2) is 0 Å². The number of carbonyl (C=O) groups excluding carboxylic acids is 1. The Morgan fingerprint density at radius 1 is 1.38 bits per heavy atom. The molecule has 1 amide bonds. The fourth-order valence-corrected chi connectivity index (χ4v) is 3.97. The van der Waals surface area contributed by atoms with E-state index >= 15 is 0 Å². The highest BCUT2D eigenvalue weighted by molar-refractivity contribution is 5.74. The van der Waals surface area contributed by atoms with Crippen molar-refractivity contribution in [2.45, 2.75) is 70.9 Å². The van der Waals surface area contributed by atoms with Crippen LogP contribution in [0.4, 0.5) is 4.79 Å². The number of hydrogen-bond donors (Lipinski definition) is 0. The van der Waals surface area contributed by atoms with Gasteiger partial charge < -0.3 is 14.0 Å². The Morgan fingerprint density at radius 3 is 2.96 bits per heavy atom. The van der Waals surface area contributed by atoms with E-state index in [-0.39, 0.29) is 18.2 Å². The predicted octanol–water partition coefficient (Wildman–Crippen LogP) is 2.97. The van der Waals surface area contributed by atoms with Gasteiger partial charge in [-0.25, -0.2) is 9.78 Å². The van der Waals surface area contributed by atoms with E-state index in [0.29, 0.717) is 6.61 Å². The quantitative estimate of drug-likeness (QED) is 0.794. The summed E-state index contributed by atoms with van der Waals surface area (Å²) in [4.78, 5) is 19.0. The lowest BCUT2D eigenvalue weighted by Crippen LogP contribution is -2.45. The zero-order chi connectivity index (χ0) is 16.9. The van der Waals surface area contributed by atoms with Crippen molar-refractivity contribution >= 4 is 11.7 Å². The van der Waals surface area contributed by atoms with Crippen molar-refractivity contribution in [3.05, 3.63) is 23.8 Å². The summed E-state index contributed by atoms with van der Waals surface area (Å²) in [7, 11) is 0. The van der Waals surface area contributed by atoms with Gasteiger partial charge in [0, 0.05) is 12.6 Å². The second kappa shape index (κ2) is 5.62. The van der Waals surface area contributed by atoms with E-state index in [2.05, 4.69) is 15.6 Å². The maximum absolute atomic E-state index is 12.5. The first kappa shape index (κ1) is 15.7. The lowest BCUT2D eigenvalue weighted by atomic mass is 9.99. The molecule has 1 fully saturated rings. The zero-order valence-electron chi connectivity index (χ0n) is 14.6. The largest absolute Gasteiger partial charge is 0.444 e. The van der Waals surface area contributed by atoms with Gasteiger partial charge in [0.2, 0.25) is 0 Å². The van der Waals surface area contributed by atoms with Crippen molar-refractivity contribution in [2.75, 3.05) is 6.61 Å². The third kappa shape index (κ3) is 2.73. The lowest BCUT2D eigenvalue weighted by molar-refractivity contribution is 0.0175. The topological polar surface area (TPSA) is 56.6 Å². The van der Waals surface area contributed by atoms with Crippen LogP contribution in [0, 0.1) is 0 Å². The summed E-state index contributed by atoms with van der Waals surface area (Å²) < 4.78 is 13.3. The molecule has 1 aromatic rings. The van der Waals surface area contributed by atoms with E-state index in [9.17, 15) is 4.79 Å². The molecule has 130 valence electrons. The lowest BCUT2D eigenvalue weighted by Gasteiger charge is -2.35. The number of nitrogens with zero attached hydrogens (tertiary/aromatic N) is 3. The minimum atomic E-state index is -0.453. The average Bonchev–Trinajstić information content (AvgIpc) is 3.05. The summed E-state index contributed by atoms with van der Waals surface area (Å²) >= 11 is 0. The van der Waals surface area contributed by atoms with Crippen LogP contribution in [0.15, 0.2) is 12.3 Å². The van der Waals surface area contributed by atoms with Crippen molar-refractivity contribution in [1.29, 1.82) is 0 Å². The van der Waals surface area contributed by atoms with Gasteiger partial charge in [0.1, 0.15) is 18.0 Å². The van der Waals surface area contributed by atoms with E-state index in [0.717, 1.165) is 38.2 Å². The molecule has 0 N–H and O–H groups in total. The number of imidazole rings is 1. The Bertz CT molecular complexity index is 686. The van der Waals surface area contributed by atoms with Crippen molar-refractivity contribution < 1.29 is 14.3 Å². The highest BCUT2D eigenvalue weighted by Crippen LogP contribution is 2.39. The molecule has 0 saturated carbocycles. The van der Waals surface area contributed by atoms with Crippen molar-refractivity contribution in [1.82, 2.24) is 14.5 Å². The van der Waals surface area contributed by atoms with Crippen LogP contribution in [0.25, 0.3) is 5.57 Å². The molecule has 4 rings (SSSR count). The van der Waals surface area contributed by atoms with Gasteiger partial charge in [0.25, 0.3) is 0 Å². The molecule has 3 aliphatic heterocycles. The fourth-order valence-electron chi connectivity index (χ4n) is 3.97. The van der Waals surface area contributed by atoms with E-state index in [4.69, 9.17) is 9.47 Å². The number of amides is 1. The third-order valence-corrected chi connectivity index (χ3v) is 4.96. The molecule has 1 saturated heterocycles. The SMILES string of the molecule is CC(C)(C)OC(=O)N1C2C=C(c3cnc4n3CCOC4)CC1CC2. The van der Waals surface area contributed by atoms with E-state index in [1.807, 2.05) is 31.9 Å². The molecular weight excluding hydrogens is 306 g/mol. The highest BCUT2D eigenvalue weighted by Gasteiger charge is 2.42. The first-order chi connectivity index (χ1) is 11.4. The number of hydrogen-bond acceptors (Lipinski definition) is 4. The predicted molar refractivity (Wildman–Crippen MR) is 89.4 cm³/mol. The average molecular weight is 331 g/mol. The minimum Gasteiger partial charge on any atom is -0.444 e. The smallest absolute Gasteiger partial charge is 0.411 e. The van der Waals surface area contributed by atoms with Crippen molar-refractivity contribution in [2.24, 2.45) is 0 Å². The molecule has 1 aromatic heterocycles. The summed E-state index contributed by atoms with van der Waals surface area (Å²) in [5.41, 5.74) is 2.04. The third-order valence-electron chi connectivity index (χ3n) is 4.96. The van der Waals surface area contributed by atoms with Crippen LogP contribution in [-0.2, 0) is 22.6 Å². The highest BCUT2D eigenvalue weighted by atomic mass is 16.6. The van der Waals surface area contributed by atoms with Gasteiger partial charge in [0.05, 0.1) is 24.5 Å². The molecule has 6 heteroatoms. The van der Waals surface area contributed by atoms with Crippen LogP contribution < -0.4 is 0 Å². The Balaban J connectivity index is 1.58. The maximum atomic E-state index is 12.5. The summed E-state index contributed by atoms with van der Waals surface area (Å²) in [6.45, 7) is 7.92. The van der Waals surface area contributed by atoms with Crippen LogP contribution in [-0.4, -0.2) is 44.8 Å². The van der Waals surface area contributed by atoms with Gasteiger partial charge in [-0.3, -0.25) is 4.90 Å². The second-order valence-corrected chi connectivity index (χ2v) is 7.85. The van der Waals surface area contributed by atoms with Gasteiger partial charge >= 0.3 is 6.09 Å². The van der Waals surface area contributed by atoms with Crippen LogP contribution in [0.5, 0.6) is 0 Å². The fraction of sp³-hybridized carbons (Fsp3) is 0.667. The summed E-state index contributed by atoms with van der Waals surface area (Å²) in [6, 6.07) is 0.371. The van der Waals surface area contributed by atoms with Gasteiger partial charge in [-0.2, -0.15) is 0 Å². The number of rotatable bonds is 1. The monoisotopic (exact) mass is 331 g/mol. The number of ether oxygens (including phenoxy) is 2. The van der Waals surface area contributed by atoms with Crippen LogP contribution in [0.3, 0.4) is 0 Å².